The smallest absolute Gasteiger partial charge is 0.280 e. The van der Waals surface area contributed by atoms with Gasteiger partial charge in [0.15, 0.2) is 10.7 Å². The minimum atomic E-state index is -0.202. The van der Waals surface area contributed by atoms with E-state index in [0.717, 1.165) is 23.2 Å². The van der Waals surface area contributed by atoms with Crippen molar-refractivity contribution in [1.82, 2.24) is 19.3 Å². The third-order valence-electron chi connectivity index (χ3n) is 5.57. The maximum absolute atomic E-state index is 13.6. The van der Waals surface area contributed by atoms with Gasteiger partial charge in [0.2, 0.25) is 5.91 Å². The van der Waals surface area contributed by atoms with Crippen molar-refractivity contribution < 1.29 is 4.79 Å². The molecule has 0 atom stereocenters. The van der Waals surface area contributed by atoms with Crippen molar-refractivity contribution in [2.45, 2.75) is 45.4 Å². The average molecular weight is 496 g/mol. The molecule has 7 nitrogen and oxygen atoms in total. The second kappa shape index (κ2) is 10.4. The van der Waals surface area contributed by atoms with Crippen LogP contribution < -0.4 is 10.9 Å². The number of hydrogen-bond acceptors (Lipinski definition) is 5. The fourth-order valence-corrected chi connectivity index (χ4v) is 4.82. The zero-order chi connectivity index (χ0) is 24.2. The van der Waals surface area contributed by atoms with Crippen LogP contribution in [0.15, 0.2) is 58.5 Å². The van der Waals surface area contributed by atoms with Crippen LogP contribution >= 0.6 is 23.4 Å². The lowest BCUT2D eigenvalue weighted by molar-refractivity contribution is -0.113. The van der Waals surface area contributed by atoms with Gasteiger partial charge < -0.3 is 5.32 Å². The lowest BCUT2D eigenvalue weighted by Gasteiger charge is -2.14. The Bertz CT molecular complexity index is 1410. The minimum absolute atomic E-state index is 0.111. The molecule has 0 aliphatic heterocycles. The minimum Gasteiger partial charge on any atom is -0.325 e. The van der Waals surface area contributed by atoms with Gasteiger partial charge in [-0.3, -0.25) is 18.8 Å². The number of anilines is 1. The van der Waals surface area contributed by atoms with E-state index in [1.165, 1.54) is 11.8 Å². The van der Waals surface area contributed by atoms with Crippen molar-refractivity contribution >= 4 is 46.0 Å². The second-order valence-corrected chi connectivity index (χ2v) is 9.17. The summed E-state index contributed by atoms with van der Waals surface area (Å²) in [6, 6.07) is 15.1. The molecule has 0 saturated heterocycles. The second-order valence-electron chi connectivity index (χ2n) is 7.82. The Morgan fingerprint density at radius 2 is 1.79 bits per heavy atom. The van der Waals surface area contributed by atoms with Crippen LogP contribution in [0.25, 0.3) is 11.0 Å². The lowest BCUT2D eigenvalue weighted by Crippen LogP contribution is -2.26. The topological polar surface area (TPSA) is 81.8 Å². The number of benzene rings is 2. The van der Waals surface area contributed by atoms with Gasteiger partial charge in [-0.15, -0.1) is 0 Å². The van der Waals surface area contributed by atoms with Gasteiger partial charge in [-0.25, -0.2) is 4.98 Å². The first-order valence-corrected chi connectivity index (χ1v) is 12.5. The number of halogens is 1. The summed E-state index contributed by atoms with van der Waals surface area (Å²) in [6.45, 7) is 6.62. The van der Waals surface area contributed by atoms with Crippen molar-refractivity contribution in [3.8, 4) is 0 Å². The van der Waals surface area contributed by atoms with Crippen molar-refractivity contribution in [2.24, 2.45) is 0 Å². The summed E-state index contributed by atoms with van der Waals surface area (Å²) >= 11 is 7.61. The monoisotopic (exact) mass is 495 g/mol. The van der Waals surface area contributed by atoms with Crippen LogP contribution in [-0.4, -0.2) is 31.0 Å². The van der Waals surface area contributed by atoms with Crippen molar-refractivity contribution in [3.05, 3.63) is 80.7 Å². The first-order chi connectivity index (χ1) is 16.4. The molecular formula is C25H26ClN5O2S. The molecule has 0 aliphatic rings. The highest BCUT2D eigenvalue weighted by molar-refractivity contribution is 7.99. The molecule has 1 N–H and O–H groups in total. The third kappa shape index (κ3) is 4.88. The van der Waals surface area contributed by atoms with Crippen LogP contribution in [0.1, 0.15) is 30.7 Å². The van der Waals surface area contributed by atoms with Crippen LogP contribution in [0.5, 0.6) is 0 Å². The normalized spacial score (nSPS) is 11.2. The molecule has 0 spiro atoms. The van der Waals surface area contributed by atoms with Gasteiger partial charge in [0.1, 0.15) is 5.52 Å². The SMILES string of the molecule is CCc1ccccc1NC(=O)CSc1nc2c(C)nn(CC)c2c(=O)n1Cc1ccccc1Cl. The maximum Gasteiger partial charge on any atom is 0.280 e. The van der Waals surface area contributed by atoms with E-state index in [2.05, 4.69) is 10.4 Å². The van der Waals surface area contributed by atoms with Crippen molar-refractivity contribution in [2.75, 3.05) is 11.1 Å². The number of nitrogens with one attached hydrogen (secondary N) is 1. The van der Waals surface area contributed by atoms with E-state index < -0.39 is 0 Å². The molecule has 2 aromatic carbocycles. The quantitative estimate of drug-likeness (QED) is 0.277. The third-order valence-corrected chi connectivity index (χ3v) is 6.92. The largest absolute Gasteiger partial charge is 0.325 e. The number of carbonyl (C=O) groups is 1. The number of thioether (sulfide) groups is 1. The zero-order valence-electron chi connectivity index (χ0n) is 19.3. The summed E-state index contributed by atoms with van der Waals surface area (Å²) < 4.78 is 3.25. The molecule has 4 rings (SSSR count). The van der Waals surface area contributed by atoms with E-state index in [9.17, 15) is 9.59 Å². The van der Waals surface area contributed by atoms with E-state index in [0.29, 0.717) is 33.5 Å². The van der Waals surface area contributed by atoms with E-state index in [1.807, 2.05) is 63.2 Å². The van der Waals surface area contributed by atoms with Crippen molar-refractivity contribution in [3.63, 3.8) is 0 Å². The van der Waals surface area contributed by atoms with E-state index in [4.69, 9.17) is 16.6 Å². The molecule has 0 bridgehead atoms. The Morgan fingerprint density at radius 1 is 1.09 bits per heavy atom. The Kier molecular flexibility index (Phi) is 7.38. The Morgan fingerprint density at radius 3 is 2.50 bits per heavy atom. The van der Waals surface area contributed by atoms with E-state index in [1.54, 1.807) is 15.3 Å². The molecule has 0 unspecified atom stereocenters. The average Bonchev–Trinajstić information content (AvgIpc) is 3.16. The van der Waals surface area contributed by atoms with Crippen LogP contribution in [0.3, 0.4) is 0 Å². The lowest BCUT2D eigenvalue weighted by atomic mass is 10.1. The Hall–Kier alpha value is -3.10. The number of amides is 1. The number of para-hydroxylation sites is 1. The standard InChI is InChI=1S/C25H26ClN5O2S/c1-4-17-10-7-9-13-20(17)27-21(32)15-34-25-28-22-16(3)29-31(5-2)23(22)24(33)30(25)14-18-11-6-8-12-19(18)26/h6-13H,4-5,14-15H2,1-3H3,(H,27,32). The molecular weight excluding hydrogens is 470 g/mol. The fourth-order valence-electron chi connectivity index (χ4n) is 3.83. The van der Waals surface area contributed by atoms with Crippen LogP contribution in [0, 0.1) is 6.92 Å². The number of hydrogen-bond donors (Lipinski definition) is 1. The van der Waals surface area contributed by atoms with Gasteiger partial charge in [-0.1, -0.05) is 66.7 Å². The predicted octanol–water partition coefficient (Wildman–Crippen LogP) is 4.92. The maximum atomic E-state index is 13.6. The fraction of sp³-hybridized carbons (Fsp3) is 0.280. The summed E-state index contributed by atoms with van der Waals surface area (Å²) in [7, 11) is 0. The van der Waals surface area contributed by atoms with Gasteiger partial charge >= 0.3 is 0 Å². The predicted molar refractivity (Wildman–Crippen MR) is 138 cm³/mol. The molecule has 34 heavy (non-hydrogen) atoms. The molecule has 4 aromatic rings. The summed E-state index contributed by atoms with van der Waals surface area (Å²) in [6.07, 6.45) is 0.819. The number of rotatable bonds is 8. The molecule has 0 fully saturated rings. The van der Waals surface area contributed by atoms with E-state index >= 15 is 0 Å². The molecule has 1 amide bonds. The molecule has 0 radical (unpaired) electrons. The summed E-state index contributed by atoms with van der Waals surface area (Å²) in [5.41, 5.74) is 4.16. The number of carbonyl (C=O) groups excluding carboxylic acids is 1. The van der Waals surface area contributed by atoms with Gasteiger partial charge in [0, 0.05) is 17.3 Å². The summed E-state index contributed by atoms with van der Waals surface area (Å²) in [5.74, 6) is -0.0510. The number of nitrogens with zero attached hydrogens (tertiary/aromatic N) is 4. The first kappa shape index (κ1) is 24.0. The highest BCUT2D eigenvalue weighted by Gasteiger charge is 2.20. The molecule has 176 valence electrons. The van der Waals surface area contributed by atoms with Gasteiger partial charge in [-0.2, -0.15) is 5.10 Å². The Balaban J connectivity index is 1.69. The molecule has 0 aliphatic carbocycles. The highest BCUT2D eigenvalue weighted by atomic mass is 35.5. The Labute approximate surface area is 207 Å². The number of aromatic nitrogens is 4. The van der Waals surface area contributed by atoms with E-state index in [-0.39, 0.29) is 23.8 Å². The number of fused-ring (bicyclic) bond motifs is 1. The van der Waals surface area contributed by atoms with Gasteiger partial charge in [0.25, 0.3) is 5.56 Å². The summed E-state index contributed by atoms with van der Waals surface area (Å²) in [5, 5.41) is 8.47. The molecule has 0 saturated carbocycles. The van der Waals surface area contributed by atoms with Crippen molar-refractivity contribution in [1.29, 1.82) is 0 Å². The van der Waals surface area contributed by atoms with Gasteiger partial charge in [-0.05, 0) is 43.5 Å². The number of aryl methyl sites for hydroxylation is 3. The van der Waals surface area contributed by atoms with Crippen LogP contribution in [0.4, 0.5) is 5.69 Å². The van der Waals surface area contributed by atoms with Crippen LogP contribution in [-0.2, 0) is 24.3 Å². The first-order valence-electron chi connectivity index (χ1n) is 11.1. The highest BCUT2D eigenvalue weighted by Crippen LogP contribution is 2.24. The molecule has 2 aromatic heterocycles. The summed E-state index contributed by atoms with van der Waals surface area (Å²) in [4.78, 5) is 31.1. The molecule has 2 heterocycles. The van der Waals surface area contributed by atoms with Gasteiger partial charge in [0.05, 0.1) is 18.0 Å². The zero-order valence-corrected chi connectivity index (χ0v) is 20.9. The molecule has 9 heteroatoms. The van der Waals surface area contributed by atoms with Crippen LogP contribution in [0.2, 0.25) is 5.02 Å².